The number of ether oxygens (including phenoxy) is 1. The molecule has 0 atom stereocenters. The van der Waals surface area contributed by atoms with Crippen molar-refractivity contribution in [3.8, 4) is 0 Å². The minimum atomic E-state index is -0.127. The SMILES string of the molecule is [CH2]OC(=O)C1CCC(C(C)(C)C)CC1. The van der Waals surface area contributed by atoms with Crippen LogP contribution in [0.5, 0.6) is 0 Å². The zero-order valence-corrected chi connectivity index (χ0v) is 9.51. The van der Waals surface area contributed by atoms with Crippen molar-refractivity contribution in [1.82, 2.24) is 0 Å². The Bertz CT molecular complexity index is 195. The predicted octanol–water partition coefficient (Wildman–Crippen LogP) is 3.17. The summed E-state index contributed by atoms with van der Waals surface area (Å²) in [6.45, 7) is 6.83. The summed E-state index contributed by atoms with van der Waals surface area (Å²) in [6.07, 6.45) is 4.22. The van der Waals surface area contributed by atoms with Gasteiger partial charge in [0.25, 0.3) is 0 Å². The summed E-state index contributed by atoms with van der Waals surface area (Å²) in [5.74, 6) is 0.722. The van der Waals surface area contributed by atoms with Crippen LogP contribution in [0.2, 0.25) is 0 Å². The molecule has 14 heavy (non-hydrogen) atoms. The van der Waals surface area contributed by atoms with Gasteiger partial charge >= 0.3 is 5.97 Å². The molecule has 2 nitrogen and oxygen atoms in total. The largest absolute Gasteiger partial charge is 0.462 e. The molecular formula is C12H21O2. The van der Waals surface area contributed by atoms with Crippen LogP contribution in [-0.4, -0.2) is 5.97 Å². The molecule has 1 radical (unpaired) electrons. The summed E-state index contributed by atoms with van der Waals surface area (Å²) in [4.78, 5) is 11.2. The monoisotopic (exact) mass is 197 g/mol. The second kappa shape index (κ2) is 4.33. The maximum Gasteiger partial charge on any atom is 0.309 e. The maximum atomic E-state index is 11.2. The first kappa shape index (κ1) is 11.5. The molecule has 0 heterocycles. The molecule has 1 rings (SSSR count). The van der Waals surface area contributed by atoms with Gasteiger partial charge in [-0.3, -0.25) is 4.79 Å². The van der Waals surface area contributed by atoms with E-state index in [0.29, 0.717) is 5.41 Å². The number of esters is 1. The van der Waals surface area contributed by atoms with Crippen LogP contribution in [0.25, 0.3) is 0 Å². The predicted molar refractivity (Wildman–Crippen MR) is 56.4 cm³/mol. The molecule has 1 aliphatic rings. The van der Waals surface area contributed by atoms with E-state index in [0.717, 1.165) is 31.6 Å². The quantitative estimate of drug-likeness (QED) is 0.603. The van der Waals surface area contributed by atoms with Crippen molar-refractivity contribution in [2.45, 2.75) is 46.5 Å². The first-order valence-electron chi connectivity index (χ1n) is 5.41. The minimum absolute atomic E-state index is 0.103. The van der Waals surface area contributed by atoms with Gasteiger partial charge in [0, 0.05) is 0 Å². The van der Waals surface area contributed by atoms with Crippen molar-refractivity contribution in [1.29, 1.82) is 0 Å². The smallest absolute Gasteiger partial charge is 0.309 e. The average molecular weight is 197 g/mol. The van der Waals surface area contributed by atoms with E-state index in [4.69, 9.17) is 0 Å². The molecule has 0 aromatic heterocycles. The first-order valence-corrected chi connectivity index (χ1v) is 5.41. The van der Waals surface area contributed by atoms with Gasteiger partial charge in [0.05, 0.1) is 5.92 Å². The van der Waals surface area contributed by atoms with E-state index in [1.807, 2.05) is 0 Å². The Kier molecular flexibility index (Phi) is 3.57. The van der Waals surface area contributed by atoms with E-state index in [2.05, 4.69) is 32.6 Å². The molecule has 0 spiro atoms. The van der Waals surface area contributed by atoms with E-state index in [1.165, 1.54) is 0 Å². The van der Waals surface area contributed by atoms with Crippen molar-refractivity contribution in [2.24, 2.45) is 17.3 Å². The Morgan fingerprint density at radius 3 is 2.07 bits per heavy atom. The molecule has 1 saturated carbocycles. The summed E-state index contributed by atoms with van der Waals surface area (Å²) in [5, 5.41) is 0. The number of rotatable bonds is 1. The zero-order chi connectivity index (χ0) is 10.8. The molecule has 1 fully saturated rings. The minimum Gasteiger partial charge on any atom is -0.462 e. The zero-order valence-electron chi connectivity index (χ0n) is 9.51. The Balaban J connectivity index is 2.43. The van der Waals surface area contributed by atoms with Gasteiger partial charge in [-0.05, 0) is 37.0 Å². The van der Waals surface area contributed by atoms with Crippen LogP contribution in [0.3, 0.4) is 0 Å². The highest BCUT2D eigenvalue weighted by molar-refractivity contribution is 5.72. The normalized spacial score (nSPS) is 28.6. The average Bonchev–Trinajstić information content (AvgIpc) is 2.15. The van der Waals surface area contributed by atoms with Gasteiger partial charge in [0.1, 0.15) is 7.11 Å². The number of carbonyl (C=O) groups is 1. The lowest BCUT2D eigenvalue weighted by Gasteiger charge is -2.36. The fraction of sp³-hybridized carbons (Fsp3) is 0.833. The molecule has 0 bridgehead atoms. The van der Waals surface area contributed by atoms with Gasteiger partial charge in [-0.15, -0.1) is 0 Å². The fourth-order valence-corrected chi connectivity index (χ4v) is 2.31. The topological polar surface area (TPSA) is 26.3 Å². The molecule has 1 aliphatic carbocycles. The van der Waals surface area contributed by atoms with Crippen LogP contribution in [0.4, 0.5) is 0 Å². The molecule has 0 aromatic carbocycles. The molecule has 2 heteroatoms. The van der Waals surface area contributed by atoms with E-state index in [1.54, 1.807) is 0 Å². The molecule has 0 amide bonds. The van der Waals surface area contributed by atoms with Crippen molar-refractivity contribution < 1.29 is 9.53 Å². The Hall–Kier alpha value is -0.530. The lowest BCUT2D eigenvalue weighted by molar-refractivity contribution is -0.144. The third kappa shape index (κ3) is 2.73. The van der Waals surface area contributed by atoms with E-state index >= 15 is 0 Å². The van der Waals surface area contributed by atoms with Crippen LogP contribution < -0.4 is 0 Å². The molecule has 0 saturated heterocycles. The van der Waals surface area contributed by atoms with Crippen LogP contribution in [0, 0.1) is 24.4 Å². The van der Waals surface area contributed by atoms with E-state index in [-0.39, 0.29) is 11.9 Å². The van der Waals surface area contributed by atoms with Crippen molar-refractivity contribution in [2.75, 3.05) is 0 Å². The Morgan fingerprint density at radius 2 is 1.71 bits per heavy atom. The van der Waals surface area contributed by atoms with Crippen molar-refractivity contribution in [3.63, 3.8) is 0 Å². The van der Waals surface area contributed by atoms with E-state index in [9.17, 15) is 4.79 Å². The lowest BCUT2D eigenvalue weighted by atomic mass is 9.70. The highest BCUT2D eigenvalue weighted by atomic mass is 16.5. The number of hydrogen-bond acceptors (Lipinski definition) is 2. The molecule has 0 N–H and O–H groups in total. The van der Waals surface area contributed by atoms with Crippen LogP contribution >= 0.6 is 0 Å². The fourth-order valence-electron chi connectivity index (χ4n) is 2.31. The molecule has 0 unspecified atom stereocenters. The van der Waals surface area contributed by atoms with Gasteiger partial charge in [0.15, 0.2) is 0 Å². The Morgan fingerprint density at radius 1 is 1.21 bits per heavy atom. The molecule has 0 aliphatic heterocycles. The second-order valence-corrected chi connectivity index (χ2v) is 5.38. The molecule has 81 valence electrons. The summed E-state index contributed by atoms with van der Waals surface area (Å²) >= 11 is 0. The van der Waals surface area contributed by atoms with Gasteiger partial charge < -0.3 is 4.74 Å². The third-order valence-corrected chi connectivity index (χ3v) is 3.43. The highest BCUT2D eigenvalue weighted by Gasteiger charge is 2.32. The van der Waals surface area contributed by atoms with Crippen molar-refractivity contribution >= 4 is 5.97 Å². The maximum absolute atomic E-state index is 11.2. The molecule has 0 aromatic rings. The van der Waals surface area contributed by atoms with Crippen LogP contribution in [0.15, 0.2) is 0 Å². The lowest BCUT2D eigenvalue weighted by Crippen LogP contribution is -2.29. The van der Waals surface area contributed by atoms with Gasteiger partial charge in [-0.25, -0.2) is 0 Å². The van der Waals surface area contributed by atoms with Crippen LogP contribution in [-0.2, 0) is 9.53 Å². The van der Waals surface area contributed by atoms with Crippen LogP contribution in [0.1, 0.15) is 46.5 Å². The number of carbonyl (C=O) groups excluding carboxylic acids is 1. The summed E-state index contributed by atoms with van der Waals surface area (Å²) in [7, 11) is 3.18. The standard InChI is InChI=1S/C12H21O2/c1-12(2,3)10-7-5-9(6-8-10)11(13)14-4/h9-10H,4-8H2,1-3H3. The number of hydrogen-bond donors (Lipinski definition) is 0. The van der Waals surface area contributed by atoms with E-state index < -0.39 is 0 Å². The third-order valence-electron chi connectivity index (χ3n) is 3.43. The highest BCUT2D eigenvalue weighted by Crippen LogP contribution is 2.39. The van der Waals surface area contributed by atoms with Gasteiger partial charge in [-0.1, -0.05) is 20.8 Å². The van der Waals surface area contributed by atoms with Gasteiger partial charge in [-0.2, -0.15) is 0 Å². The summed E-state index contributed by atoms with van der Waals surface area (Å²) < 4.78 is 4.52. The van der Waals surface area contributed by atoms with Gasteiger partial charge in [0.2, 0.25) is 0 Å². The van der Waals surface area contributed by atoms with Crippen molar-refractivity contribution in [3.05, 3.63) is 7.11 Å². The summed E-state index contributed by atoms with van der Waals surface area (Å²) in [5.41, 5.74) is 0.374. The summed E-state index contributed by atoms with van der Waals surface area (Å²) in [6, 6.07) is 0. The molecular weight excluding hydrogens is 176 g/mol. The second-order valence-electron chi connectivity index (χ2n) is 5.38. The Labute approximate surface area is 87.0 Å². The first-order chi connectivity index (χ1) is 6.45.